The normalized spacial score (nSPS) is 18.1. The van der Waals surface area contributed by atoms with Crippen molar-refractivity contribution in [2.75, 3.05) is 0 Å². The largest absolute Gasteiger partial charge is 0.318 e. The van der Waals surface area contributed by atoms with Crippen LogP contribution in [0.4, 0.5) is 0 Å². The number of nitrogens with zero attached hydrogens (tertiary/aromatic N) is 2. The molecule has 0 amide bonds. The lowest BCUT2D eigenvalue weighted by molar-refractivity contribution is 0.282. The number of hydrogen-bond donors (Lipinski definition) is 2. The minimum atomic E-state index is 0.362. The third kappa shape index (κ3) is 1.77. The topological polar surface area (TPSA) is 6.48 Å². The summed E-state index contributed by atoms with van der Waals surface area (Å²) in [5.41, 5.74) is 0. The van der Waals surface area contributed by atoms with Gasteiger partial charge in [-0.2, -0.15) is 0 Å². The van der Waals surface area contributed by atoms with E-state index < -0.39 is 0 Å². The third-order valence-corrected chi connectivity index (χ3v) is 3.28. The zero-order valence-corrected chi connectivity index (χ0v) is 10.9. The predicted molar refractivity (Wildman–Crippen MR) is 68.1 cm³/mol. The van der Waals surface area contributed by atoms with Crippen molar-refractivity contribution in [2.24, 2.45) is 0 Å². The molecule has 0 saturated carbocycles. The van der Waals surface area contributed by atoms with Crippen molar-refractivity contribution in [1.29, 1.82) is 0 Å². The van der Waals surface area contributed by atoms with Crippen molar-refractivity contribution < 1.29 is 0 Å². The molecule has 0 aliphatic carbocycles. The molecule has 80 valence electrons. The second-order valence-electron chi connectivity index (χ2n) is 3.99. The third-order valence-electron chi connectivity index (χ3n) is 2.25. The van der Waals surface area contributed by atoms with Crippen LogP contribution >= 0.6 is 25.3 Å². The molecule has 0 saturated heterocycles. The lowest BCUT2D eigenvalue weighted by Gasteiger charge is -2.30. The van der Waals surface area contributed by atoms with Crippen LogP contribution in [0, 0.1) is 0 Å². The molecule has 2 nitrogen and oxygen atoms in total. The molecule has 0 N–H and O–H groups in total. The van der Waals surface area contributed by atoms with Crippen molar-refractivity contribution in [3.63, 3.8) is 0 Å². The Labute approximate surface area is 97.5 Å². The summed E-state index contributed by atoms with van der Waals surface area (Å²) in [6, 6.07) is 0.724. The molecule has 0 aromatic rings. The van der Waals surface area contributed by atoms with Crippen LogP contribution in [0.3, 0.4) is 0 Å². The maximum Gasteiger partial charge on any atom is 0.107 e. The summed E-state index contributed by atoms with van der Waals surface area (Å²) >= 11 is 8.92. The Morgan fingerprint density at radius 3 is 1.36 bits per heavy atom. The Bertz CT molecular complexity index is 256. The second kappa shape index (κ2) is 4.11. The van der Waals surface area contributed by atoms with Gasteiger partial charge in [0.2, 0.25) is 0 Å². The molecule has 1 aliphatic heterocycles. The Hall–Kier alpha value is -0.220. The molecule has 4 heteroatoms. The quantitative estimate of drug-likeness (QED) is 0.704. The van der Waals surface area contributed by atoms with E-state index in [4.69, 9.17) is 0 Å². The molecule has 0 unspecified atom stereocenters. The molecular formula is C10H18N2S2. The lowest BCUT2D eigenvalue weighted by atomic mass is 10.3. The predicted octanol–water partition coefficient (Wildman–Crippen LogP) is 2.88. The molecule has 1 aliphatic rings. The zero-order valence-electron chi connectivity index (χ0n) is 9.15. The van der Waals surface area contributed by atoms with Crippen LogP contribution in [-0.2, 0) is 0 Å². The number of hydrogen-bond acceptors (Lipinski definition) is 4. The number of rotatable bonds is 2. The van der Waals surface area contributed by atoms with E-state index in [1.807, 2.05) is 0 Å². The molecule has 0 radical (unpaired) electrons. The maximum absolute atomic E-state index is 4.46. The smallest absolute Gasteiger partial charge is 0.107 e. The van der Waals surface area contributed by atoms with Crippen molar-refractivity contribution in [2.45, 2.75) is 39.8 Å². The first-order valence-corrected chi connectivity index (χ1v) is 5.67. The minimum absolute atomic E-state index is 0.362. The van der Waals surface area contributed by atoms with Gasteiger partial charge in [0.05, 0.1) is 0 Å². The van der Waals surface area contributed by atoms with Gasteiger partial charge in [0.15, 0.2) is 0 Å². The summed E-state index contributed by atoms with van der Waals surface area (Å²) in [4.78, 5) is 4.18. The van der Waals surface area contributed by atoms with E-state index in [2.05, 4.69) is 69.3 Å². The van der Waals surface area contributed by atoms with E-state index >= 15 is 0 Å². The van der Waals surface area contributed by atoms with Crippen LogP contribution in [0.5, 0.6) is 0 Å². The maximum atomic E-state index is 4.46. The highest BCUT2D eigenvalue weighted by Crippen LogP contribution is 2.38. The van der Waals surface area contributed by atoms with Crippen LogP contribution in [0.25, 0.3) is 0 Å². The van der Waals surface area contributed by atoms with Gasteiger partial charge in [-0.3, -0.25) is 0 Å². The van der Waals surface area contributed by atoms with Crippen LogP contribution < -0.4 is 0 Å². The molecule has 1 rings (SSSR count). The summed E-state index contributed by atoms with van der Waals surface area (Å²) in [7, 11) is 0. The summed E-state index contributed by atoms with van der Waals surface area (Å²) in [5.74, 6) is 0.963. The van der Waals surface area contributed by atoms with Gasteiger partial charge < -0.3 is 9.80 Å². The van der Waals surface area contributed by atoms with E-state index in [0.29, 0.717) is 12.1 Å². The van der Waals surface area contributed by atoms with Gasteiger partial charge in [0, 0.05) is 12.1 Å². The fraction of sp³-hybridized carbons (Fsp3) is 0.600. The molecule has 14 heavy (non-hydrogen) atoms. The van der Waals surface area contributed by atoms with Crippen molar-refractivity contribution >= 4 is 25.3 Å². The van der Waals surface area contributed by atoms with Gasteiger partial charge in [-0.15, -0.1) is 25.3 Å². The average Bonchev–Trinajstić information content (AvgIpc) is 2.23. The van der Waals surface area contributed by atoms with Gasteiger partial charge in [0.25, 0.3) is 0 Å². The van der Waals surface area contributed by atoms with Crippen molar-refractivity contribution in [3.05, 3.63) is 22.5 Å². The first kappa shape index (κ1) is 11.9. The van der Waals surface area contributed by atoms with Crippen molar-refractivity contribution in [1.82, 2.24) is 9.80 Å². The van der Waals surface area contributed by atoms with E-state index in [9.17, 15) is 0 Å². The molecule has 0 bridgehead atoms. The molecule has 1 heterocycles. The molecule has 0 aromatic heterocycles. The summed E-state index contributed by atoms with van der Waals surface area (Å²) in [6.07, 6.45) is 0. The average molecular weight is 230 g/mol. The van der Waals surface area contributed by atoms with Crippen LogP contribution in [-0.4, -0.2) is 21.9 Å². The Balaban J connectivity index is 3.04. The van der Waals surface area contributed by atoms with Gasteiger partial charge in [-0.05, 0) is 27.7 Å². The fourth-order valence-corrected chi connectivity index (χ4v) is 2.57. The highest BCUT2D eigenvalue weighted by molar-refractivity contribution is 7.88. The molecular weight excluding hydrogens is 212 g/mol. The second-order valence-corrected chi connectivity index (χ2v) is 4.84. The van der Waals surface area contributed by atoms with Crippen LogP contribution in [0.15, 0.2) is 22.5 Å². The van der Waals surface area contributed by atoms with Gasteiger partial charge >= 0.3 is 0 Å². The SMILES string of the molecule is C=C1N(C(C)C)C(S)=C(S)N1C(C)C. The molecule has 0 aromatic carbocycles. The first-order chi connectivity index (χ1) is 6.37. The van der Waals surface area contributed by atoms with Gasteiger partial charge in [0.1, 0.15) is 15.9 Å². The van der Waals surface area contributed by atoms with Crippen LogP contribution in [0.1, 0.15) is 27.7 Å². The van der Waals surface area contributed by atoms with Crippen molar-refractivity contribution in [3.8, 4) is 0 Å². The van der Waals surface area contributed by atoms with Crippen LogP contribution in [0.2, 0.25) is 0 Å². The van der Waals surface area contributed by atoms with E-state index in [1.54, 1.807) is 0 Å². The Morgan fingerprint density at radius 1 is 0.929 bits per heavy atom. The highest BCUT2D eigenvalue weighted by atomic mass is 32.1. The summed E-state index contributed by atoms with van der Waals surface area (Å²) in [5, 5.41) is 1.78. The molecule has 0 spiro atoms. The first-order valence-electron chi connectivity index (χ1n) is 4.77. The Morgan fingerprint density at radius 2 is 1.21 bits per heavy atom. The van der Waals surface area contributed by atoms with E-state index in [-0.39, 0.29) is 0 Å². The lowest BCUT2D eigenvalue weighted by Crippen LogP contribution is -2.32. The Kier molecular flexibility index (Phi) is 3.48. The van der Waals surface area contributed by atoms with Gasteiger partial charge in [-0.25, -0.2) is 0 Å². The standard InChI is InChI=1S/C10H18N2S2/c1-6(2)11-8(5)12(7(3)4)10(14)9(11)13/h6-7,13-14H,5H2,1-4H3. The van der Waals surface area contributed by atoms with E-state index in [0.717, 1.165) is 15.9 Å². The molecule has 0 atom stereocenters. The summed E-state index contributed by atoms with van der Waals surface area (Å²) < 4.78 is 0. The monoisotopic (exact) mass is 230 g/mol. The highest BCUT2D eigenvalue weighted by Gasteiger charge is 2.32. The number of thiol groups is 2. The van der Waals surface area contributed by atoms with E-state index in [1.165, 1.54) is 0 Å². The zero-order chi connectivity index (χ0) is 11.0. The fourth-order valence-electron chi connectivity index (χ4n) is 1.66. The molecule has 0 fully saturated rings. The minimum Gasteiger partial charge on any atom is -0.318 e. The summed E-state index contributed by atoms with van der Waals surface area (Å²) in [6.45, 7) is 12.5. The van der Waals surface area contributed by atoms with Gasteiger partial charge in [-0.1, -0.05) is 6.58 Å².